The third-order valence-corrected chi connectivity index (χ3v) is 2.35. The van der Waals surface area contributed by atoms with E-state index in [0.717, 1.165) is 0 Å². The molecule has 17 heavy (non-hydrogen) atoms. The smallest absolute Gasteiger partial charge is 0.317 e. The van der Waals surface area contributed by atoms with E-state index in [9.17, 15) is 9.90 Å². The van der Waals surface area contributed by atoms with Gasteiger partial charge >= 0.3 is 5.97 Å². The van der Waals surface area contributed by atoms with Crippen LogP contribution in [0.25, 0.3) is 0 Å². The fraction of sp³-hybridized carbons (Fsp3) is 0.750. The number of hydrogen-bond donors (Lipinski definition) is 1. The summed E-state index contributed by atoms with van der Waals surface area (Å²) in [6, 6.07) is 0. The van der Waals surface area contributed by atoms with Crippen molar-refractivity contribution in [3.8, 4) is 0 Å². The minimum atomic E-state index is -0.996. The summed E-state index contributed by atoms with van der Waals surface area (Å²) in [6.07, 6.45) is 3.47. The van der Waals surface area contributed by atoms with E-state index in [-0.39, 0.29) is 19.3 Å². The molecular weight excluding hydrogens is 224 g/mol. The van der Waals surface area contributed by atoms with Crippen LogP contribution >= 0.6 is 0 Å². The molecule has 0 aliphatic carbocycles. The Morgan fingerprint density at radius 3 is 2.59 bits per heavy atom. The molecule has 0 aliphatic heterocycles. The molecule has 5 heteroatoms. The highest BCUT2D eigenvalue weighted by Gasteiger charge is 2.30. The largest absolute Gasteiger partial charge is 0.468 e. The van der Waals surface area contributed by atoms with Crippen LogP contribution < -0.4 is 0 Å². The summed E-state index contributed by atoms with van der Waals surface area (Å²) in [5.74, 6) is -0.332. The second-order valence-electron chi connectivity index (χ2n) is 4.18. The minimum absolute atomic E-state index is 0.126. The third-order valence-electron chi connectivity index (χ3n) is 2.35. The van der Waals surface area contributed by atoms with Crippen molar-refractivity contribution in [1.29, 1.82) is 0 Å². The summed E-state index contributed by atoms with van der Waals surface area (Å²) in [7, 11) is 2.86. The van der Waals surface area contributed by atoms with Crippen molar-refractivity contribution in [2.24, 2.45) is 11.3 Å². The van der Waals surface area contributed by atoms with Crippen molar-refractivity contribution in [3.63, 3.8) is 0 Å². The predicted molar refractivity (Wildman–Crippen MR) is 63.3 cm³/mol. The first kappa shape index (κ1) is 16.1. The molecule has 0 spiro atoms. The Kier molecular flexibility index (Phi) is 7.78. The van der Waals surface area contributed by atoms with Crippen molar-refractivity contribution in [2.45, 2.75) is 13.8 Å². The van der Waals surface area contributed by atoms with E-state index in [4.69, 9.17) is 9.47 Å². The molecule has 2 atom stereocenters. The van der Waals surface area contributed by atoms with Crippen molar-refractivity contribution < 1.29 is 24.1 Å². The first-order valence-corrected chi connectivity index (χ1v) is 5.45. The monoisotopic (exact) mass is 246 g/mol. The van der Waals surface area contributed by atoms with Gasteiger partial charge in [-0.05, 0) is 12.8 Å². The molecule has 5 nitrogen and oxygen atoms in total. The number of carbonyl (C=O) groups is 1. The molecule has 0 heterocycles. The number of aliphatic hydroxyl groups is 1. The molecule has 0 aromatic rings. The van der Waals surface area contributed by atoms with Gasteiger partial charge in [0.1, 0.15) is 12.2 Å². The maximum Gasteiger partial charge on any atom is 0.317 e. The first-order chi connectivity index (χ1) is 8.00. The van der Waals surface area contributed by atoms with E-state index in [1.165, 1.54) is 7.11 Å². The average molecular weight is 246 g/mol. The van der Waals surface area contributed by atoms with Gasteiger partial charge in [0.05, 0.1) is 20.3 Å². The summed E-state index contributed by atoms with van der Waals surface area (Å²) in [5.41, 5.74) is -0.996. The molecule has 100 valence electrons. The molecule has 0 saturated carbocycles. The number of carbonyl (C=O) groups excluding carboxylic acids is 1. The molecule has 0 unspecified atom stereocenters. The lowest BCUT2D eigenvalue weighted by Gasteiger charge is -2.20. The second-order valence-corrected chi connectivity index (χ2v) is 4.18. The van der Waals surface area contributed by atoms with Crippen molar-refractivity contribution in [2.75, 3.05) is 34.2 Å². The van der Waals surface area contributed by atoms with Crippen LogP contribution in [-0.2, 0) is 19.0 Å². The van der Waals surface area contributed by atoms with E-state index < -0.39 is 11.4 Å². The summed E-state index contributed by atoms with van der Waals surface area (Å²) in [5, 5.41) is 9.21. The Morgan fingerprint density at radius 1 is 1.47 bits per heavy atom. The molecule has 1 N–H and O–H groups in total. The van der Waals surface area contributed by atoms with Crippen LogP contribution in [-0.4, -0.2) is 45.3 Å². The van der Waals surface area contributed by atoms with Crippen LogP contribution in [0.15, 0.2) is 12.2 Å². The van der Waals surface area contributed by atoms with Crippen LogP contribution in [0.2, 0.25) is 0 Å². The zero-order valence-electron chi connectivity index (χ0n) is 10.9. The second kappa shape index (κ2) is 8.22. The Morgan fingerprint density at radius 2 is 2.12 bits per heavy atom. The summed E-state index contributed by atoms with van der Waals surface area (Å²) in [6.45, 7) is 4.01. The molecular formula is C12H22O5. The number of methoxy groups -OCH3 is 2. The number of esters is 1. The van der Waals surface area contributed by atoms with Gasteiger partial charge in [-0.15, -0.1) is 0 Å². The van der Waals surface area contributed by atoms with Gasteiger partial charge in [-0.2, -0.15) is 0 Å². The average Bonchev–Trinajstić information content (AvgIpc) is 2.35. The number of aliphatic hydroxyl groups excluding tert-OH is 1. The third kappa shape index (κ3) is 5.81. The van der Waals surface area contributed by atoms with Crippen LogP contribution in [0.3, 0.4) is 0 Å². The topological polar surface area (TPSA) is 65.0 Å². The molecule has 0 amide bonds. The minimum Gasteiger partial charge on any atom is -0.468 e. The predicted octanol–water partition coefficient (Wildman–Crippen LogP) is 0.971. The number of hydrogen-bond acceptors (Lipinski definition) is 5. The normalized spacial score (nSPS) is 16.8. The molecule has 0 aliphatic rings. The van der Waals surface area contributed by atoms with E-state index in [2.05, 4.69) is 4.74 Å². The lowest BCUT2D eigenvalue weighted by Crippen LogP contribution is -2.31. The van der Waals surface area contributed by atoms with Gasteiger partial charge in [-0.25, -0.2) is 0 Å². The maximum atomic E-state index is 11.5. The van der Waals surface area contributed by atoms with Crippen LogP contribution in [0, 0.1) is 11.3 Å². The van der Waals surface area contributed by atoms with Gasteiger partial charge in [0.2, 0.25) is 0 Å². The van der Waals surface area contributed by atoms with E-state index >= 15 is 0 Å². The fourth-order valence-electron chi connectivity index (χ4n) is 1.17. The Balaban J connectivity index is 4.30. The standard InChI is InChI=1S/C12H22O5/c1-10(7-17-9-15-3)5-6-12(2,8-13)11(14)16-4/h5-6,10,13H,7-9H2,1-4H3/b6-5+/t10-,12-/m0/s1. The molecule has 0 bridgehead atoms. The van der Waals surface area contributed by atoms with Gasteiger partial charge in [0.25, 0.3) is 0 Å². The SMILES string of the molecule is COCOC[C@@H](C)/C=C/[C@@](C)(CO)C(=O)OC. The highest BCUT2D eigenvalue weighted by atomic mass is 16.7. The quantitative estimate of drug-likeness (QED) is 0.299. The van der Waals surface area contributed by atoms with Gasteiger partial charge < -0.3 is 19.3 Å². The number of rotatable bonds is 8. The van der Waals surface area contributed by atoms with E-state index in [1.54, 1.807) is 20.1 Å². The molecule has 0 aromatic carbocycles. The van der Waals surface area contributed by atoms with Gasteiger partial charge in [-0.3, -0.25) is 4.79 Å². The van der Waals surface area contributed by atoms with Crippen LogP contribution in [0.5, 0.6) is 0 Å². The van der Waals surface area contributed by atoms with Crippen LogP contribution in [0.1, 0.15) is 13.8 Å². The lowest BCUT2D eigenvalue weighted by atomic mass is 9.90. The van der Waals surface area contributed by atoms with Crippen molar-refractivity contribution in [1.82, 2.24) is 0 Å². The van der Waals surface area contributed by atoms with Gasteiger partial charge in [-0.1, -0.05) is 19.1 Å². The highest BCUT2D eigenvalue weighted by Crippen LogP contribution is 2.20. The lowest BCUT2D eigenvalue weighted by molar-refractivity contribution is -0.150. The zero-order valence-corrected chi connectivity index (χ0v) is 10.9. The highest BCUT2D eigenvalue weighted by molar-refractivity contribution is 5.78. The molecule has 0 rings (SSSR count). The van der Waals surface area contributed by atoms with E-state index in [1.807, 2.05) is 13.0 Å². The molecule has 0 radical (unpaired) electrons. The van der Waals surface area contributed by atoms with Crippen molar-refractivity contribution >= 4 is 5.97 Å². The van der Waals surface area contributed by atoms with Gasteiger partial charge in [0.15, 0.2) is 0 Å². The molecule has 0 saturated heterocycles. The molecule has 0 aromatic heterocycles. The van der Waals surface area contributed by atoms with Crippen molar-refractivity contribution in [3.05, 3.63) is 12.2 Å². The Bertz CT molecular complexity index is 251. The van der Waals surface area contributed by atoms with Gasteiger partial charge in [0, 0.05) is 7.11 Å². The van der Waals surface area contributed by atoms with E-state index in [0.29, 0.717) is 6.61 Å². The summed E-state index contributed by atoms with van der Waals surface area (Å²) < 4.78 is 14.6. The Hall–Kier alpha value is -0.910. The summed E-state index contributed by atoms with van der Waals surface area (Å²) >= 11 is 0. The number of ether oxygens (including phenoxy) is 3. The summed E-state index contributed by atoms with van der Waals surface area (Å²) in [4.78, 5) is 11.5. The molecule has 0 fully saturated rings. The fourth-order valence-corrected chi connectivity index (χ4v) is 1.17. The maximum absolute atomic E-state index is 11.5. The first-order valence-electron chi connectivity index (χ1n) is 5.45. The zero-order chi connectivity index (χ0) is 13.3. The Labute approximate surface area is 102 Å². The van der Waals surface area contributed by atoms with Crippen LogP contribution in [0.4, 0.5) is 0 Å².